The Balaban J connectivity index is 1.73. The number of hydrogen-bond acceptors (Lipinski definition) is 6. The van der Waals surface area contributed by atoms with Crippen LogP contribution < -0.4 is 10.5 Å². The van der Waals surface area contributed by atoms with Crippen molar-refractivity contribution in [3.8, 4) is 0 Å². The molecular formula is C28H31Cl3N4O4. The molecular weight excluding hydrogens is 563 g/mol. The van der Waals surface area contributed by atoms with Gasteiger partial charge in [0.05, 0.1) is 27.9 Å². The van der Waals surface area contributed by atoms with Crippen LogP contribution in [0.4, 0.5) is 5.69 Å². The zero-order valence-corrected chi connectivity index (χ0v) is 24.4. The molecule has 3 aromatic rings. The van der Waals surface area contributed by atoms with Crippen LogP contribution in [0, 0.1) is 0 Å². The third-order valence-corrected chi connectivity index (χ3v) is 7.69. The smallest absolute Gasteiger partial charge is 0.345 e. The number of carbonyl (C=O) groups excluding carboxylic acids is 2. The van der Waals surface area contributed by atoms with Crippen LogP contribution in [0.1, 0.15) is 34.1 Å². The molecule has 1 fully saturated rings. The molecule has 0 unspecified atom stereocenters. The van der Waals surface area contributed by atoms with Crippen LogP contribution in [-0.4, -0.2) is 79.7 Å². The molecule has 208 valence electrons. The van der Waals surface area contributed by atoms with Crippen LogP contribution >= 0.6 is 34.8 Å². The van der Waals surface area contributed by atoms with Gasteiger partial charge in [0.1, 0.15) is 5.56 Å². The molecule has 0 atom stereocenters. The van der Waals surface area contributed by atoms with E-state index >= 15 is 0 Å². The molecule has 2 heterocycles. The SMILES string of the molecule is CCOC(=O)c1c(N2CCN(C(=O)c3ccc(Cl)c(Cl)c3)CC2)c2cc(Cl)ccc2n(CCCN(C)C)c1=O. The van der Waals surface area contributed by atoms with Crippen molar-refractivity contribution in [3.05, 3.63) is 72.9 Å². The van der Waals surface area contributed by atoms with Gasteiger partial charge in [-0.1, -0.05) is 34.8 Å². The lowest BCUT2D eigenvalue weighted by atomic mass is 10.1. The van der Waals surface area contributed by atoms with Gasteiger partial charge in [0.25, 0.3) is 11.5 Å². The lowest BCUT2D eigenvalue weighted by Crippen LogP contribution is -2.49. The van der Waals surface area contributed by atoms with E-state index in [0.717, 1.165) is 13.0 Å². The van der Waals surface area contributed by atoms with Gasteiger partial charge in [-0.15, -0.1) is 0 Å². The highest BCUT2D eigenvalue weighted by Gasteiger charge is 2.30. The molecule has 1 aliphatic rings. The average Bonchev–Trinajstić information content (AvgIpc) is 2.90. The molecule has 0 bridgehead atoms. The van der Waals surface area contributed by atoms with Gasteiger partial charge in [-0.25, -0.2) is 4.79 Å². The molecule has 1 saturated heterocycles. The van der Waals surface area contributed by atoms with Gasteiger partial charge in [0.2, 0.25) is 0 Å². The standard InChI is InChI=1S/C28H31Cl3N4O4/c1-4-39-28(38)24-25(20-17-19(29)7-9-23(20)35(27(24)37)11-5-10-32(2)3)33-12-14-34(15-13-33)26(36)18-6-8-21(30)22(31)16-18/h6-9,16-17H,4-5,10-15H2,1-3H3. The van der Waals surface area contributed by atoms with E-state index in [-0.39, 0.29) is 18.1 Å². The highest BCUT2D eigenvalue weighted by molar-refractivity contribution is 6.42. The van der Waals surface area contributed by atoms with Gasteiger partial charge in [-0.3, -0.25) is 9.59 Å². The molecule has 39 heavy (non-hydrogen) atoms. The highest BCUT2D eigenvalue weighted by atomic mass is 35.5. The van der Waals surface area contributed by atoms with Crippen LogP contribution in [0.5, 0.6) is 0 Å². The monoisotopic (exact) mass is 592 g/mol. The second-order valence-corrected chi connectivity index (χ2v) is 10.9. The first-order valence-corrected chi connectivity index (χ1v) is 13.9. The van der Waals surface area contributed by atoms with E-state index < -0.39 is 11.5 Å². The fraction of sp³-hybridized carbons (Fsp3) is 0.393. The Morgan fingerprint density at radius 3 is 2.33 bits per heavy atom. The average molecular weight is 594 g/mol. The van der Waals surface area contributed by atoms with E-state index in [1.54, 1.807) is 46.7 Å². The summed E-state index contributed by atoms with van der Waals surface area (Å²) in [6, 6.07) is 10.1. The van der Waals surface area contributed by atoms with Gasteiger partial charge < -0.3 is 24.0 Å². The Hall–Kier alpha value is -2.78. The summed E-state index contributed by atoms with van der Waals surface area (Å²) in [5, 5.41) is 1.88. The summed E-state index contributed by atoms with van der Waals surface area (Å²) >= 11 is 18.5. The van der Waals surface area contributed by atoms with E-state index in [1.165, 1.54) is 0 Å². The number of anilines is 1. The first-order chi connectivity index (χ1) is 18.6. The maximum absolute atomic E-state index is 13.8. The minimum atomic E-state index is -0.671. The summed E-state index contributed by atoms with van der Waals surface area (Å²) in [5.74, 6) is -0.835. The molecule has 1 amide bonds. The number of pyridine rings is 1. The van der Waals surface area contributed by atoms with E-state index in [1.807, 2.05) is 30.0 Å². The molecule has 0 N–H and O–H groups in total. The summed E-state index contributed by atoms with van der Waals surface area (Å²) in [6.07, 6.45) is 0.724. The number of fused-ring (bicyclic) bond motifs is 1. The molecule has 0 aliphatic carbocycles. The number of rotatable bonds is 8. The van der Waals surface area contributed by atoms with Crippen molar-refractivity contribution in [2.24, 2.45) is 0 Å². The van der Waals surface area contributed by atoms with E-state index in [0.29, 0.717) is 69.9 Å². The lowest BCUT2D eigenvalue weighted by Gasteiger charge is -2.37. The molecule has 8 nitrogen and oxygen atoms in total. The Kier molecular flexibility index (Phi) is 9.43. The molecule has 1 aliphatic heterocycles. The molecule has 0 saturated carbocycles. The van der Waals surface area contributed by atoms with E-state index in [9.17, 15) is 14.4 Å². The fourth-order valence-electron chi connectivity index (χ4n) is 4.84. The van der Waals surface area contributed by atoms with Gasteiger partial charge in [-0.2, -0.15) is 0 Å². The summed E-state index contributed by atoms with van der Waals surface area (Å²) in [5.41, 5.74) is 1.22. The minimum absolute atomic E-state index is 0.0132. The summed E-state index contributed by atoms with van der Waals surface area (Å²) < 4.78 is 6.98. The van der Waals surface area contributed by atoms with Crippen molar-refractivity contribution in [2.45, 2.75) is 19.9 Å². The number of halogens is 3. The number of aryl methyl sites for hydroxylation is 1. The van der Waals surface area contributed by atoms with Crippen LogP contribution in [0.2, 0.25) is 15.1 Å². The van der Waals surface area contributed by atoms with Crippen molar-refractivity contribution in [2.75, 3.05) is 58.3 Å². The van der Waals surface area contributed by atoms with E-state index in [4.69, 9.17) is 39.5 Å². The number of ether oxygens (including phenoxy) is 1. The van der Waals surface area contributed by atoms with Crippen molar-refractivity contribution < 1.29 is 14.3 Å². The van der Waals surface area contributed by atoms with Crippen molar-refractivity contribution >= 4 is 63.3 Å². The van der Waals surface area contributed by atoms with Gasteiger partial charge in [-0.05, 0) is 70.4 Å². The number of amides is 1. The second-order valence-electron chi connectivity index (χ2n) is 9.63. The lowest BCUT2D eigenvalue weighted by molar-refractivity contribution is 0.0523. The van der Waals surface area contributed by atoms with E-state index in [2.05, 4.69) is 0 Å². The summed E-state index contributed by atoms with van der Waals surface area (Å²) in [7, 11) is 3.94. The van der Waals surface area contributed by atoms with Crippen LogP contribution in [0.15, 0.2) is 41.2 Å². The number of nitrogens with zero attached hydrogens (tertiary/aromatic N) is 4. The zero-order valence-electron chi connectivity index (χ0n) is 22.2. The third-order valence-electron chi connectivity index (χ3n) is 6.72. The normalized spacial score (nSPS) is 13.8. The van der Waals surface area contributed by atoms with Crippen LogP contribution in [-0.2, 0) is 11.3 Å². The number of benzene rings is 2. The number of aromatic nitrogens is 1. The largest absolute Gasteiger partial charge is 0.462 e. The maximum atomic E-state index is 13.8. The molecule has 1 aromatic heterocycles. The van der Waals surface area contributed by atoms with Gasteiger partial charge in [0.15, 0.2) is 0 Å². The zero-order chi connectivity index (χ0) is 28.3. The predicted octanol–water partition coefficient (Wildman–Crippen LogP) is 5.05. The molecule has 4 rings (SSSR count). The Bertz CT molecular complexity index is 1450. The van der Waals surface area contributed by atoms with Crippen molar-refractivity contribution in [3.63, 3.8) is 0 Å². The molecule has 0 radical (unpaired) electrons. The fourth-order valence-corrected chi connectivity index (χ4v) is 5.31. The quantitative estimate of drug-likeness (QED) is 0.340. The summed E-state index contributed by atoms with van der Waals surface area (Å²) in [6.45, 7) is 4.65. The van der Waals surface area contributed by atoms with Crippen LogP contribution in [0.3, 0.4) is 0 Å². The first kappa shape index (κ1) is 29.2. The maximum Gasteiger partial charge on any atom is 0.345 e. The number of carbonyl (C=O) groups is 2. The molecule has 11 heteroatoms. The second kappa shape index (κ2) is 12.6. The number of esters is 1. The molecule has 0 spiro atoms. The Morgan fingerprint density at radius 2 is 1.69 bits per heavy atom. The summed E-state index contributed by atoms with van der Waals surface area (Å²) in [4.78, 5) is 45.9. The van der Waals surface area contributed by atoms with Crippen molar-refractivity contribution in [1.29, 1.82) is 0 Å². The first-order valence-electron chi connectivity index (χ1n) is 12.8. The van der Waals surface area contributed by atoms with Crippen LogP contribution in [0.25, 0.3) is 10.9 Å². The van der Waals surface area contributed by atoms with Gasteiger partial charge >= 0.3 is 5.97 Å². The molecule has 2 aromatic carbocycles. The topological polar surface area (TPSA) is 75.1 Å². The minimum Gasteiger partial charge on any atom is -0.462 e. The van der Waals surface area contributed by atoms with Crippen molar-refractivity contribution in [1.82, 2.24) is 14.4 Å². The number of piperazine rings is 1. The van der Waals surface area contributed by atoms with Gasteiger partial charge in [0, 0.05) is 48.7 Å². The Morgan fingerprint density at radius 1 is 0.974 bits per heavy atom. The third kappa shape index (κ3) is 6.35. The Labute approximate surface area is 242 Å². The highest BCUT2D eigenvalue weighted by Crippen LogP contribution is 2.33. The number of hydrogen-bond donors (Lipinski definition) is 0. The predicted molar refractivity (Wildman–Crippen MR) is 157 cm³/mol.